The molecular weight excluding hydrogens is 498 g/mol. The first-order valence-electron chi connectivity index (χ1n) is 11.9. The highest BCUT2D eigenvalue weighted by atomic mass is 35.5. The van der Waals surface area contributed by atoms with Gasteiger partial charge in [-0.2, -0.15) is 0 Å². The monoisotopic (exact) mass is 521 g/mol. The number of amides is 2. The van der Waals surface area contributed by atoms with Crippen molar-refractivity contribution in [1.29, 1.82) is 0 Å². The molecule has 0 saturated carbocycles. The fraction of sp³-hybridized carbons (Fsp3) is 0.0333. The number of carbonyl (C=O) groups excluding carboxylic acids is 1. The zero-order valence-electron chi connectivity index (χ0n) is 20.5. The molecule has 0 bridgehead atoms. The molecule has 5 aromatic rings. The first kappa shape index (κ1) is 24.8. The molecule has 4 aromatic carbocycles. The van der Waals surface area contributed by atoms with Crippen molar-refractivity contribution in [2.24, 2.45) is 0 Å². The minimum Gasteiger partial charge on any atom is -0.497 e. The van der Waals surface area contributed by atoms with Gasteiger partial charge in [-0.25, -0.2) is 14.8 Å². The van der Waals surface area contributed by atoms with E-state index in [2.05, 4.69) is 20.9 Å². The largest absolute Gasteiger partial charge is 0.497 e. The van der Waals surface area contributed by atoms with Crippen LogP contribution in [0.15, 0.2) is 97.1 Å². The lowest BCUT2D eigenvalue weighted by Gasteiger charge is -2.11. The van der Waals surface area contributed by atoms with Gasteiger partial charge in [-0.3, -0.25) is 0 Å². The van der Waals surface area contributed by atoms with Crippen molar-refractivity contribution in [3.63, 3.8) is 0 Å². The SMILES string of the molecule is COc1ccc(/C=C/c2nc(Nc3ccc(NC(=O)Nc4ccc(Cl)cc4)cc3)c3ccccc3n2)cc1. The highest BCUT2D eigenvalue weighted by Gasteiger charge is 2.08. The fourth-order valence-corrected chi connectivity index (χ4v) is 3.88. The van der Waals surface area contributed by atoms with E-state index in [0.29, 0.717) is 28.0 Å². The number of carbonyl (C=O) groups is 1. The topological polar surface area (TPSA) is 88.2 Å². The number of nitrogens with one attached hydrogen (secondary N) is 3. The van der Waals surface area contributed by atoms with Crippen molar-refractivity contribution in [3.8, 4) is 5.75 Å². The lowest BCUT2D eigenvalue weighted by molar-refractivity contribution is 0.262. The van der Waals surface area contributed by atoms with E-state index in [4.69, 9.17) is 21.3 Å². The Kier molecular flexibility index (Phi) is 7.47. The Morgan fingerprint density at radius 1 is 0.763 bits per heavy atom. The molecule has 7 nitrogen and oxygen atoms in total. The smallest absolute Gasteiger partial charge is 0.323 e. The summed E-state index contributed by atoms with van der Waals surface area (Å²) in [5.74, 6) is 2.07. The van der Waals surface area contributed by atoms with Gasteiger partial charge in [0.2, 0.25) is 0 Å². The predicted molar refractivity (Wildman–Crippen MR) is 155 cm³/mol. The summed E-state index contributed by atoms with van der Waals surface area (Å²) < 4.78 is 5.22. The number of urea groups is 1. The summed E-state index contributed by atoms with van der Waals surface area (Å²) in [5, 5.41) is 10.5. The van der Waals surface area contributed by atoms with Crippen LogP contribution in [0.5, 0.6) is 5.75 Å². The van der Waals surface area contributed by atoms with Crippen LogP contribution in [-0.2, 0) is 0 Å². The molecule has 2 amide bonds. The van der Waals surface area contributed by atoms with Gasteiger partial charge in [0.15, 0.2) is 5.82 Å². The molecular formula is C30H24ClN5O2. The van der Waals surface area contributed by atoms with Gasteiger partial charge in [-0.05, 0) is 84.4 Å². The van der Waals surface area contributed by atoms with Crippen LogP contribution in [0.25, 0.3) is 23.1 Å². The average Bonchev–Trinajstić information content (AvgIpc) is 2.94. The molecule has 188 valence electrons. The van der Waals surface area contributed by atoms with Gasteiger partial charge in [-0.1, -0.05) is 41.9 Å². The number of methoxy groups -OCH3 is 1. The molecule has 1 heterocycles. The molecule has 0 atom stereocenters. The Labute approximate surface area is 225 Å². The summed E-state index contributed by atoms with van der Waals surface area (Å²) in [4.78, 5) is 21.8. The second-order valence-corrected chi connectivity index (χ2v) is 8.78. The number of rotatable bonds is 7. The van der Waals surface area contributed by atoms with Crippen LogP contribution < -0.4 is 20.7 Å². The van der Waals surface area contributed by atoms with Crippen molar-refractivity contribution < 1.29 is 9.53 Å². The standard InChI is InChI=1S/C30H24ClN5O2/c1-38-25-17-6-20(7-18-25)8-19-28-35-27-5-3-2-4-26(27)29(36-28)32-22-13-15-24(16-14-22)34-30(37)33-23-11-9-21(31)10-12-23/h2-19H,1H3,(H,32,35,36)(H2,33,34,37)/b19-8+. The summed E-state index contributed by atoms with van der Waals surface area (Å²) in [5.41, 5.74) is 3.97. The number of hydrogen-bond donors (Lipinski definition) is 3. The third kappa shape index (κ3) is 6.27. The van der Waals surface area contributed by atoms with E-state index in [1.807, 2.05) is 84.9 Å². The molecule has 0 aliphatic heterocycles. The van der Waals surface area contributed by atoms with Gasteiger partial charge in [0.1, 0.15) is 11.6 Å². The Balaban J connectivity index is 1.31. The number of fused-ring (bicyclic) bond motifs is 1. The van der Waals surface area contributed by atoms with Crippen LogP contribution in [0.1, 0.15) is 11.4 Å². The van der Waals surface area contributed by atoms with Crippen LogP contribution in [0.4, 0.5) is 27.7 Å². The zero-order valence-corrected chi connectivity index (χ0v) is 21.2. The molecule has 5 rings (SSSR count). The lowest BCUT2D eigenvalue weighted by atomic mass is 10.2. The van der Waals surface area contributed by atoms with E-state index in [-0.39, 0.29) is 6.03 Å². The lowest BCUT2D eigenvalue weighted by Crippen LogP contribution is -2.19. The maximum atomic E-state index is 12.3. The second-order valence-electron chi connectivity index (χ2n) is 8.34. The normalized spacial score (nSPS) is 10.9. The number of nitrogens with zero attached hydrogens (tertiary/aromatic N) is 2. The number of ether oxygens (including phenoxy) is 1. The number of para-hydroxylation sites is 1. The minimum absolute atomic E-state index is 0.344. The Bertz CT molecular complexity index is 1580. The van der Waals surface area contributed by atoms with Gasteiger partial charge in [0, 0.05) is 27.5 Å². The van der Waals surface area contributed by atoms with Crippen molar-refractivity contribution in [1.82, 2.24) is 9.97 Å². The molecule has 0 radical (unpaired) electrons. The Morgan fingerprint density at radius 2 is 1.39 bits per heavy atom. The van der Waals surface area contributed by atoms with E-state index >= 15 is 0 Å². The summed E-state index contributed by atoms with van der Waals surface area (Å²) in [6, 6.07) is 29.6. The van der Waals surface area contributed by atoms with E-state index in [1.165, 1.54) is 0 Å². The zero-order chi connectivity index (χ0) is 26.3. The van der Waals surface area contributed by atoms with Crippen LogP contribution >= 0.6 is 11.6 Å². The number of benzene rings is 4. The number of aromatic nitrogens is 2. The maximum Gasteiger partial charge on any atom is 0.323 e. The van der Waals surface area contributed by atoms with Crippen LogP contribution in [0.3, 0.4) is 0 Å². The molecule has 0 aliphatic rings. The highest BCUT2D eigenvalue weighted by molar-refractivity contribution is 6.30. The fourth-order valence-electron chi connectivity index (χ4n) is 3.75. The average molecular weight is 522 g/mol. The van der Waals surface area contributed by atoms with Crippen molar-refractivity contribution in [2.75, 3.05) is 23.1 Å². The first-order chi connectivity index (χ1) is 18.6. The summed E-state index contributed by atoms with van der Waals surface area (Å²) in [6.07, 6.45) is 3.84. The van der Waals surface area contributed by atoms with Gasteiger partial charge in [0.05, 0.1) is 12.6 Å². The molecule has 1 aromatic heterocycles. The van der Waals surface area contributed by atoms with Gasteiger partial charge in [-0.15, -0.1) is 0 Å². The molecule has 0 saturated heterocycles. The third-order valence-electron chi connectivity index (χ3n) is 5.67. The molecule has 8 heteroatoms. The Morgan fingerprint density at radius 3 is 2.08 bits per heavy atom. The van der Waals surface area contributed by atoms with Gasteiger partial charge in [0.25, 0.3) is 0 Å². The number of halogens is 1. The summed E-state index contributed by atoms with van der Waals surface area (Å²) in [7, 11) is 1.64. The van der Waals surface area contributed by atoms with Crippen molar-refractivity contribution in [2.45, 2.75) is 0 Å². The molecule has 0 fully saturated rings. The maximum absolute atomic E-state index is 12.3. The van der Waals surface area contributed by atoms with Crippen LogP contribution in [0.2, 0.25) is 5.02 Å². The first-order valence-corrected chi connectivity index (χ1v) is 12.2. The molecule has 0 unspecified atom stereocenters. The van der Waals surface area contributed by atoms with Gasteiger partial charge >= 0.3 is 6.03 Å². The van der Waals surface area contributed by atoms with E-state index in [9.17, 15) is 4.79 Å². The minimum atomic E-state index is -0.344. The summed E-state index contributed by atoms with van der Waals surface area (Å²) >= 11 is 5.89. The van der Waals surface area contributed by atoms with Gasteiger partial charge < -0.3 is 20.7 Å². The molecule has 0 spiro atoms. The quantitative estimate of drug-likeness (QED) is 0.203. The van der Waals surface area contributed by atoms with E-state index in [0.717, 1.165) is 27.9 Å². The van der Waals surface area contributed by atoms with Crippen LogP contribution in [0, 0.1) is 0 Å². The van der Waals surface area contributed by atoms with Crippen molar-refractivity contribution >= 4 is 63.6 Å². The summed E-state index contributed by atoms with van der Waals surface area (Å²) in [6.45, 7) is 0. The molecule has 0 aliphatic carbocycles. The van der Waals surface area contributed by atoms with Crippen LogP contribution in [-0.4, -0.2) is 23.1 Å². The predicted octanol–water partition coefficient (Wildman–Crippen LogP) is 7.85. The third-order valence-corrected chi connectivity index (χ3v) is 5.92. The molecule has 3 N–H and O–H groups in total. The van der Waals surface area contributed by atoms with E-state index in [1.54, 1.807) is 31.4 Å². The highest BCUT2D eigenvalue weighted by Crippen LogP contribution is 2.25. The number of hydrogen-bond acceptors (Lipinski definition) is 5. The second kappa shape index (κ2) is 11.5. The number of anilines is 4. The van der Waals surface area contributed by atoms with Crippen molar-refractivity contribution in [3.05, 3.63) is 113 Å². The Hall–Kier alpha value is -4.88. The van der Waals surface area contributed by atoms with E-state index < -0.39 is 0 Å². The molecule has 38 heavy (non-hydrogen) atoms.